The molecule has 0 heterocycles. The molecule has 0 amide bonds. The minimum atomic E-state index is -0.964. The lowest BCUT2D eigenvalue weighted by Gasteiger charge is -2.05. The van der Waals surface area contributed by atoms with Crippen LogP contribution in [0.2, 0.25) is 0 Å². The average Bonchev–Trinajstić information content (AvgIpc) is 2.16. The van der Waals surface area contributed by atoms with Crippen LogP contribution in [0.15, 0.2) is 42.5 Å². The summed E-state index contributed by atoms with van der Waals surface area (Å²) in [5.74, 6) is -0.964. The van der Waals surface area contributed by atoms with E-state index in [-0.39, 0.29) is 6.04 Å². The van der Waals surface area contributed by atoms with Crippen molar-refractivity contribution in [3.63, 3.8) is 0 Å². The summed E-state index contributed by atoms with van der Waals surface area (Å²) in [6.45, 7) is 0. The number of carbonyl (C=O) groups is 1. The van der Waals surface area contributed by atoms with Gasteiger partial charge in [-0.1, -0.05) is 36.4 Å². The minimum Gasteiger partial charge on any atom is -0.478 e. The second-order valence-electron chi connectivity index (χ2n) is 3.05. The molecule has 1 aromatic rings. The molecule has 0 saturated heterocycles. The van der Waals surface area contributed by atoms with Gasteiger partial charge in [0.25, 0.3) is 0 Å². The predicted octanol–water partition coefficient (Wildman–Crippen LogP) is 1.20. The lowest BCUT2D eigenvalue weighted by molar-refractivity contribution is -0.131. The third-order valence-electron chi connectivity index (χ3n) is 1.80. The SMILES string of the molecule is NC(C=CC(=O)O)Cc1ccccc1. The van der Waals surface area contributed by atoms with Crippen LogP contribution in [0.1, 0.15) is 5.56 Å². The summed E-state index contributed by atoms with van der Waals surface area (Å²) in [6.07, 6.45) is 3.23. The van der Waals surface area contributed by atoms with Gasteiger partial charge >= 0.3 is 5.97 Å². The van der Waals surface area contributed by atoms with Crippen molar-refractivity contribution in [2.75, 3.05) is 0 Å². The predicted molar refractivity (Wildman–Crippen MR) is 54.9 cm³/mol. The fraction of sp³-hybridized carbons (Fsp3) is 0.182. The third kappa shape index (κ3) is 3.87. The Morgan fingerprint density at radius 1 is 1.43 bits per heavy atom. The highest BCUT2D eigenvalue weighted by molar-refractivity contribution is 5.79. The number of carboxylic acid groups (broad SMARTS) is 1. The molecule has 0 saturated carbocycles. The molecule has 0 aliphatic carbocycles. The first-order chi connectivity index (χ1) is 6.68. The van der Waals surface area contributed by atoms with Crippen LogP contribution in [0.4, 0.5) is 0 Å². The standard InChI is InChI=1S/C11H13NO2/c12-10(6-7-11(13)14)8-9-4-2-1-3-5-9/h1-7,10H,8,12H2,(H,13,14). The van der Waals surface area contributed by atoms with Crippen molar-refractivity contribution in [1.82, 2.24) is 0 Å². The number of aliphatic carboxylic acids is 1. The molecule has 0 bridgehead atoms. The summed E-state index contributed by atoms with van der Waals surface area (Å²) >= 11 is 0. The van der Waals surface area contributed by atoms with E-state index < -0.39 is 5.97 Å². The molecular formula is C11H13NO2. The molecule has 74 valence electrons. The number of hydrogen-bond acceptors (Lipinski definition) is 2. The van der Waals surface area contributed by atoms with Gasteiger partial charge in [-0.15, -0.1) is 0 Å². The Hall–Kier alpha value is -1.61. The van der Waals surface area contributed by atoms with Crippen LogP contribution in [0.5, 0.6) is 0 Å². The fourth-order valence-electron chi connectivity index (χ4n) is 1.16. The van der Waals surface area contributed by atoms with Crippen molar-refractivity contribution >= 4 is 5.97 Å². The Labute approximate surface area is 82.9 Å². The Bertz CT molecular complexity index is 319. The molecule has 14 heavy (non-hydrogen) atoms. The molecule has 3 N–H and O–H groups in total. The van der Waals surface area contributed by atoms with Gasteiger partial charge in [0, 0.05) is 12.1 Å². The van der Waals surface area contributed by atoms with E-state index in [1.807, 2.05) is 30.3 Å². The van der Waals surface area contributed by atoms with Gasteiger partial charge in [-0.25, -0.2) is 4.79 Å². The summed E-state index contributed by atoms with van der Waals surface area (Å²) in [6, 6.07) is 9.49. The van der Waals surface area contributed by atoms with Crippen molar-refractivity contribution in [1.29, 1.82) is 0 Å². The number of benzene rings is 1. The molecule has 0 aliphatic rings. The van der Waals surface area contributed by atoms with Crippen LogP contribution in [0.3, 0.4) is 0 Å². The Morgan fingerprint density at radius 3 is 2.64 bits per heavy atom. The number of hydrogen-bond donors (Lipinski definition) is 2. The van der Waals surface area contributed by atoms with Crippen LogP contribution in [-0.4, -0.2) is 17.1 Å². The molecule has 1 aromatic carbocycles. The Morgan fingerprint density at radius 2 is 2.07 bits per heavy atom. The monoisotopic (exact) mass is 191 g/mol. The van der Waals surface area contributed by atoms with Gasteiger partial charge in [0.1, 0.15) is 0 Å². The second-order valence-corrected chi connectivity index (χ2v) is 3.05. The third-order valence-corrected chi connectivity index (χ3v) is 1.80. The molecule has 1 rings (SSSR count). The zero-order valence-corrected chi connectivity index (χ0v) is 7.76. The molecule has 3 heteroatoms. The molecule has 1 unspecified atom stereocenters. The lowest BCUT2D eigenvalue weighted by atomic mass is 10.1. The van der Waals surface area contributed by atoms with Crippen molar-refractivity contribution in [2.24, 2.45) is 5.73 Å². The van der Waals surface area contributed by atoms with Gasteiger partial charge in [-0.2, -0.15) is 0 Å². The zero-order chi connectivity index (χ0) is 10.4. The smallest absolute Gasteiger partial charge is 0.328 e. The normalized spacial score (nSPS) is 12.9. The zero-order valence-electron chi connectivity index (χ0n) is 7.76. The van der Waals surface area contributed by atoms with Gasteiger partial charge in [-0.05, 0) is 12.0 Å². The summed E-state index contributed by atoms with van der Waals surface area (Å²) in [4.78, 5) is 10.2. The number of rotatable bonds is 4. The van der Waals surface area contributed by atoms with Gasteiger partial charge in [-0.3, -0.25) is 0 Å². The first-order valence-corrected chi connectivity index (χ1v) is 4.39. The van der Waals surface area contributed by atoms with E-state index in [9.17, 15) is 4.79 Å². The van der Waals surface area contributed by atoms with Crippen LogP contribution in [0.25, 0.3) is 0 Å². The Balaban J connectivity index is 2.49. The molecule has 0 aliphatic heterocycles. The topological polar surface area (TPSA) is 63.3 Å². The summed E-state index contributed by atoms with van der Waals surface area (Å²) in [5.41, 5.74) is 6.81. The second kappa shape index (κ2) is 5.19. The maximum absolute atomic E-state index is 10.2. The number of nitrogens with two attached hydrogens (primary N) is 1. The summed E-state index contributed by atoms with van der Waals surface area (Å²) < 4.78 is 0. The minimum absolute atomic E-state index is 0.242. The largest absolute Gasteiger partial charge is 0.478 e. The van der Waals surface area contributed by atoms with E-state index >= 15 is 0 Å². The van der Waals surface area contributed by atoms with E-state index in [1.165, 1.54) is 6.08 Å². The average molecular weight is 191 g/mol. The van der Waals surface area contributed by atoms with E-state index in [0.29, 0.717) is 6.42 Å². The van der Waals surface area contributed by atoms with E-state index in [2.05, 4.69) is 0 Å². The van der Waals surface area contributed by atoms with Gasteiger partial charge in [0.2, 0.25) is 0 Å². The van der Waals surface area contributed by atoms with Crippen molar-refractivity contribution < 1.29 is 9.90 Å². The number of carboxylic acids is 1. The fourth-order valence-corrected chi connectivity index (χ4v) is 1.16. The van der Waals surface area contributed by atoms with Crippen molar-refractivity contribution in [2.45, 2.75) is 12.5 Å². The molecule has 0 spiro atoms. The van der Waals surface area contributed by atoms with Gasteiger partial charge < -0.3 is 10.8 Å². The lowest BCUT2D eigenvalue weighted by Crippen LogP contribution is -2.20. The van der Waals surface area contributed by atoms with Crippen LogP contribution in [-0.2, 0) is 11.2 Å². The molecule has 0 fully saturated rings. The van der Waals surface area contributed by atoms with Gasteiger partial charge in [0.15, 0.2) is 0 Å². The van der Waals surface area contributed by atoms with E-state index in [1.54, 1.807) is 0 Å². The van der Waals surface area contributed by atoms with Crippen LogP contribution in [0, 0.1) is 0 Å². The maximum atomic E-state index is 10.2. The highest BCUT2D eigenvalue weighted by atomic mass is 16.4. The van der Waals surface area contributed by atoms with Crippen LogP contribution >= 0.6 is 0 Å². The highest BCUT2D eigenvalue weighted by Gasteiger charge is 1.99. The van der Waals surface area contributed by atoms with E-state index in [4.69, 9.17) is 10.8 Å². The Kier molecular flexibility index (Phi) is 3.88. The molecule has 0 radical (unpaired) electrons. The van der Waals surface area contributed by atoms with E-state index in [0.717, 1.165) is 11.6 Å². The molecule has 0 aromatic heterocycles. The molecule has 1 atom stereocenters. The first kappa shape index (κ1) is 10.5. The highest BCUT2D eigenvalue weighted by Crippen LogP contribution is 2.02. The van der Waals surface area contributed by atoms with Crippen molar-refractivity contribution in [3.8, 4) is 0 Å². The molecular weight excluding hydrogens is 178 g/mol. The quantitative estimate of drug-likeness (QED) is 0.703. The van der Waals surface area contributed by atoms with Crippen LogP contribution < -0.4 is 5.73 Å². The summed E-state index contributed by atoms with van der Waals surface area (Å²) in [7, 11) is 0. The summed E-state index contributed by atoms with van der Waals surface area (Å²) in [5, 5.41) is 8.39. The molecule has 3 nitrogen and oxygen atoms in total. The van der Waals surface area contributed by atoms with Gasteiger partial charge in [0.05, 0.1) is 0 Å². The first-order valence-electron chi connectivity index (χ1n) is 4.39. The maximum Gasteiger partial charge on any atom is 0.328 e. The van der Waals surface area contributed by atoms with Crippen molar-refractivity contribution in [3.05, 3.63) is 48.0 Å².